The number of nitrogens with zero attached hydrogens (tertiary/aromatic N) is 5. The van der Waals surface area contributed by atoms with Gasteiger partial charge in [-0.2, -0.15) is 0 Å². The first-order valence-corrected chi connectivity index (χ1v) is 11.4. The first-order valence-electron chi connectivity index (χ1n) is 6.37. The van der Waals surface area contributed by atoms with Gasteiger partial charge in [0, 0.05) is 0 Å². The van der Waals surface area contributed by atoms with Crippen LogP contribution < -0.4 is 14.7 Å². The normalized spacial score (nSPS) is 17.9. The van der Waals surface area contributed by atoms with Crippen LogP contribution in [-0.2, 0) is 14.1 Å². The molecule has 1 unspecified atom stereocenters. The van der Waals surface area contributed by atoms with Crippen LogP contribution in [0, 0.1) is 0 Å². The maximum absolute atomic E-state index is 12.2. The molecule has 1 atom stereocenters. The van der Waals surface area contributed by atoms with Gasteiger partial charge in [-0.05, 0) is 0 Å². The van der Waals surface area contributed by atoms with E-state index in [1.165, 1.54) is 11.7 Å². The van der Waals surface area contributed by atoms with Crippen molar-refractivity contribution in [1.29, 1.82) is 0 Å². The third-order valence-corrected chi connectivity index (χ3v) is 11.8. The Morgan fingerprint density at radius 2 is 2.10 bits per heavy atom. The van der Waals surface area contributed by atoms with Crippen LogP contribution in [0.4, 0.5) is 0 Å². The van der Waals surface area contributed by atoms with Crippen molar-refractivity contribution in [2.45, 2.75) is 10.2 Å². The van der Waals surface area contributed by atoms with Gasteiger partial charge in [0.2, 0.25) is 0 Å². The molecule has 3 heterocycles. The van der Waals surface area contributed by atoms with Gasteiger partial charge in [-0.3, -0.25) is 0 Å². The molecule has 0 aliphatic carbocycles. The van der Waals surface area contributed by atoms with E-state index >= 15 is 0 Å². The summed E-state index contributed by atoms with van der Waals surface area (Å²) in [5.41, 5.74) is -0.559. The zero-order valence-electron chi connectivity index (χ0n) is 11.3. The fraction of sp³-hybridized carbons (Fsp3) is 0.333. The number of hydrogen-bond donors (Lipinski definition) is 0. The molecule has 0 saturated carbocycles. The van der Waals surface area contributed by atoms with E-state index in [0.717, 1.165) is 7.89 Å². The van der Waals surface area contributed by atoms with Gasteiger partial charge >= 0.3 is 123 Å². The molecule has 102 valence electrons. The molecular formula is C12H14InN5O2. The van der Waals surface area contributed by atoms with Gasteiger partial charge in [-0.15, -0.1) is 0 Å². The van der Waals surface area contributed by atoms with E-state index in [2.05, 4.69) is 7.96 Å². The third kappa shape index (κ3) is 1.98. The SMILES string of the molecule is Cn1c(=O)n(C)n([CH]2CC=[N][In]2[c]2cccnc2)c1=O. The molecule has 3 rings (SSSR count). The molecule has 20 heavy (non-hydrogen) atoms. The molecule has 1 aliphatic heterocycles. The third-order valence-electron chi connectivity index (χ3n) is 3.69. The van der Waals surface area contributed by atoms with Gasteiger partial charge in [0.25, 0.3) is 0 Å². The van der Waals surface area contributed by atoms with Crippen molar-refractivity contribution < 1.29 is 0 Å². The molecule has 0 bridgehead atoms. The van der Waals surface area contributed by atoms with E-state index in [-0.39, 0.29) is 15.2 Å². The van der Waals surface area contributed by atoms with Gasteiger partial charge in [-0.25, -0.2) is 0 Å². The molecule has 0 radical (unpaired) electrons. The van der Waals surface area contributed by atoms with Gasteiger partial charge in [0.1, 0.15) is 0 Å². The average Bonchev–Trinajstić information content (AvgIpc) is 3.01. The Kier molecular flexibility index (Phi) is 3.41. The predicted octanol–water partition coefficient (Wildman–Crippen LogP) is -1.27. The molecule has 1 aliphatic rings. The summed E-state index contributed by atoms with van der Waals surface area (Å²) in [6, 6.07) is 3.92. The van der Waals surface area contributed by atoms with Crippen LogP contribution in [-0.4, -0.2) is 46.9 Å². The molecular weight excluding hydrogens is 361 g/mol. The first-order chi connectivity index (χ1) is 9.61. The molecule has 0 amide bonds. The molecule has 0 saturated heterocycles. The van der Waals surface area contributed by atoms with E-state index in [4.69, 9.17) is 0 Å². The summed E-state index contributed by atoms with van der Waals surface area (Å²) in [6.07, 6.45) is 6.17. The molecule has 0 fully saturated rings. The number of aromatic nitrogens is 4. The first kappa shape index (κ1) is 13.4. The van der Waals surface area contributed by atoms with E-state index in [9.17, 15) is 9.59 Å². The zero-order chi connectivity index (χ0) is 14.3. The second-order valence-electron chi connectivity index (χ2n) is 4.86. The fourth-order valence-electron chi connectivity index (χ4n) is 2.64. The number of hydrogen-bond acceptors (Lipinski definition) is 4. The van der Waals surface area contributed by atoms with Crippen molar-refractivity contribution in [3.05, 3.63) is 45.5 Å². The number of pyridine rings is 1. The molecule has 0 aromatic carbocycles. The van der Waals surface area contributed by atoms with Crippen LogP contribution in [0.1, 0.15) is 10.2 Å². The van der Waals surface area contributed by atoms with Crippen LogP contribution in [0.15, 0.2) is 37.1 Å². The van der Waals surface area contributed by atoms with Crippen LogP contribution in [0.3, 0.4) is 0 Å². The van der Waals surface area contributed by atoms with Gasteiger partial charge in [0.15, 0.2) is 0 Å². The van der Waals surface area contributed by atoms with Crippen LogP contribution in [0.2, 0.25) is 0 Å². The van der Waals surface area contributed by atoms with Crippen molar-refractivity contribution in [3.8, 4) is 0 Å². The summed E-state index contributed by atoms with van der Waals surface area (Å²) in [5.74, 6) is 0. The standard InChI is InChI=1S/C7H10N4O2.C5H4N.In/c1-9-6(12)10(2)11(7(9)13)5-3-4-8;1-2-4-6-5-3-1;/h4-5H,3H2,1-2H3;1-2,4-5H;/q-1;;+1. The van der Waals surface area contributed by atoms with Crippen LogP contribution in [0.5, 0.6) is 0 Å². The quantitative estimate of drug-likeness (QED) is 0.658. The van der Waals surface area contributed by atoms with Crippen LogP contribution >= 0.6 is 0 Å². The van der Waals surface area contributed by atoms with Gasteiger partial charge < -0.3 is 0 Å². The van der Waals surface area contributed by atoms with Crippen molar-refractivity contribution in [1.82, 2.24) is 18.9 Å². The Labute approximate surface area is 123 Å². The van der Waals surface area contributed by atoms with E-state index in [1.54, 1.807) is 17.9 Å². The van der Waals surface area contributed by atoms with Crippen molar-refractivity contribution >= 4 is 31.3 Å². The predicted molar refractivity (Wildman–Crippen MR) is 76.7 cm³/mol. The molecule has 0 N–H and O–H groups in total. The molecule has 2 aromatic rings. The van der Waals surface area contributed by atoms with E-state index in [1.807, 2.05) is 24.5 Å². The van der Waals surface area contributed by atoms with E-state index < -0.39 is 21.7 Å². The van der Waals surface area contributed by atoms with Crippen LogP contribution in [0.25, 0.3) is 0 Å². The molecule has 0 spiro atoms. The van der Waals surface area contributed by atoms with Crippen molar-refractivity contribution in [3.63, 3.8) is 0 Å². The Hall–Kier alpha value is -1.57. The second-order valence-corrected chi connectivity index (χ2v) is 12.3. The van der Waals surface area contributed by atoms with Gasteiger partial charge in [0.05, 0.1) is 0 Å². The van der Waals surface area contributed by atoms with Crippen molar-refractivity contribution in [2.24, 2.45) is 17.1 Å². The minimum atomic E-state index is -2.55. The van der Waals surface area contributed by atoms with Crippen molar-refractivity contribution in [2.75, 3.05) is 0 Å². The summed E-state index contributed by atoms with van der Waals surface area (Å²) in [5, 5.41) is 0. The monoisotopic (exact) mass is 375 g/mol. The Morgan fingerprint density at radius 1 is 1.30 bits per heavy atom. The Balaban J connectivity index is 2.10. The Morgan fingerprint density at radius 3 is 2.70 bits per heavy atom. The molecule has 8 heteroatoms. The molecule has 7 nitrogen and oxygen atoms in total. The summed E-state index contributed by atoms with van der Waals surface area (Å²) in [7, 11) is 3.14. The average molecular weight is 375 g/mol. The minimum absolute atomic E-state index is 0.0207. The van der Waals surface area contributed by atoms with E-state index in [0.29, 0.717) is 6.42 Å². The zero-order valence-corrected chi connectivity index (χ0v) is 14.6. The summed E-state index contributed by atoms with van der Waals surface area (Å²) in [4.78, 5) is 28.3. The summed E-state index contributed by atoms with van der Waals surface area (Å²) >= 11 is -2.55. The van der Waals surface area contributed by atoms with Gasteiger partial charge in [-0.1, -0.05) is 0 Å². The second kappa shape index (κ2) is 5.08. The summed E-state index contributed by atoms with van der Waals surface area (Å²) in [6.45, 7) is 0. The summed E-state index contributed by atoms with van der Waals surface area (Å²) < 4.78 is 9.94. The topological polar surface area (TPSA) is 74.2 Å². The number of rotatable bonds is 2. The Bertz CT molecular complexity index is 773. The molecule has 2 aromatic heterocycles. The fourth-order valence-corrected chi connectivity index (χ4v) is 10.3. The maximum atomic E-state index is 12.2.